The summed E-state index contributed by atoms with van der Waals surface area (Å²) in [5.74, 6) is 0.753. The van der Waals surface area contributed by atoms with Crippen molar-refractivity contribution in [2.45, 2.75) is 38.6 Å². The van der Waals surface area contributed by atoms with Crippen LogP contribution in [0.25, 0.3) is 0 Å². The quantitative estimate of drug-likeness (QED) is 0.288. The van der Waals surface area contributed by atoms with Crippen LogP contribution in [0.3, 0.4) is 0 Å². The van der Waals surface area contributed by atoms with E-state index in [4.69, 9.17) is 0 Å². The van der Waals surface area contributed by atoms with Gasteiger partial charge < -0.3 is 21.3 Å². The van der Waals surface area contributed by atoms with Gasteiger partial charge >= 0.3 is 0 Å². The van der Waals surface area contributed by atoms with Crippen LogP contribution in [0.4, 0.5) is 5.69 Å². The lowest BCUT2D eigenvalue weighted by atomic mass is 9.90. The normalized spacial score (nSPS) is 16.2. The average Bonchev–Trinajstić information content (AvgIpc) is 2.56. The maximum Gasteiger partial charge on any atom is 0.225 e. The molecule has 8 heteroatoms. The predicted molar refractivity (Wildman–Crippen MR) is 115 cm³/mol. The van der Waals surface area contributed by atoms with Gasteiger partial charge in [0.25, 0.3) is 0 Å². The van der Waals surface area contributed by atoms with Crippen LogP contribution in [-0.2, 0) is 9.59 Å². The molecule has 1 aromatic rings. The third-order valence-corrected chi connectivity index (χ3v) is 3.94. The zero-order chi connectivity index (χ0) is 18.2. The lowest BCUT2D eigenvalue weighted by Crippen LogP contribution is -2.42. The number of amides is 2. The minimum Gasteiger partial charge on any atom is -0.356 e. The molecule has 0 aromatic heterocycles. The summed E-state index contributed by atoms with van der Waals surface area (Å²) < 4.78 is 0. The summed E-state index contributed by atoms with van der Waals surface area (Å²) in [6.07, 6.45) is 0.825. The molecule has 0 fully saturated rings. The number of aliphatic imine (C=N–C) groups is 1. The van der Waals surface area contributed by atoms with E-state index >= 15 is 0 Å². The number of carbonyl (C=O) groups excluding carboxylic acids is 2. The van der Waals surface area contributed by atoms with E-state index in [2.05, 4.69) is 26.3 Å². The Morgan fingerprint density at radius 3 is 2.73 bits per heavy atom. The summed E-state index contributed by atoms with van der Waals surface area (Å²) in [6.45, 7) is 4.97. The first-order valence-corrected chi connectivity index (χ1v) is 8.62. The second-order valence-electron chi connectivity index (χ2n) is 6.39. The SMILES string of the molecule is CN=C(NCCC(=O)NC(C)C)NCC1CC(=O)Nc2ccccc21.I. The Morgan fingerprint density at radius 1 is 1.31 bits per heavy atom. The van der Waals surface area contributed by atoms with E-state index in [0.717, 1.165) is 11.3 Å². The number of carbonyl (C=O) groups is 2. The lowest BCUT2D eigenvalue weighted by molar-refractivity contribution is -0.121. The fraction of sp³-hybridized carbons (Fsp3) is 0.500. The van der Waals surface area contributed by atoms with E-state index < -0.39 is 0 Å². The van der Waals surface area contributed by atoms with Crippen LogP contribution in [0.15, 0.2) is 29.3 Å². The zero-order valence-electron chi connectivity index (χ0n) is 15.5. The van der Waals surface area contributed by atoms with Crippen molar-refractivity contribution in [3.63, 3.8) is 0 Å². The maximum absolute atomic E-state index is 11.9. The molecule has 2 amide bonds. The molecule has 0 radical (unpaired) electrons. The Kier molecular flexibility index (Phi) is 9.39. The van der Waals surface area contributed by atoms with E-state index in [1.165, 1.54) is 0 Å². The van der Waals surface area contributed by atoms with E-state index in [-0.39, 0.29) is 47.8 Å². The molecule has 0 spiro atoms. The fourth-order valence-corrected chi connectivity index (χ4v) is 2.81. The number of para-hydroxylation sites is 1. The summed E-state index contributed by atoms with van der Waals surface area (Å²) in [5.41, 5.74) is 2.00. The molecule has 0 saturated carbocycles. The van der Waals surface area contributed by atoms with Gasteiger partial charge in [-0.25, -0.2) is 0 Å². The molecule has 26 heavy (non-hydrogen) atoms. The van der Waals surface area contributed by atoms with Gasteiger partial charge in [-0.1, -0.05) is 18.2 Å². The molecule has 2 rings (SSSR count). The number of anilines is 1. The Labute approximate surface area is 171 Å². The van der Waals surface area contributed by atoms with Crippen molar-refractivity contribution in [3.05, 3.63) is 29.8 Å². The fourth-order valence-electron chi connectivity index (χ4n) is 2.81. The molecule has 1 aliphatic rings. The summed E-state index contributed by atoms with van der Waals surface area (Å²) in [7, 11) is 1.69. The van der Waals surface area contributed by atoms with E-state index in [9.17, 15) is 9.59 Å². The average molecular weight is 473 g/mol. The third kappa shape index (κ3) is 6.81. The number of guanidine groups is 1. The van der Waals surface area contributed by atoms with E-state index in [0.29, 0.717) is 31.9 Å². The van der Waals surface area contributed by atoms with Gasteiger partial charge in [0.1, 0.15) is 0 Å². The minimum atomic E-state index is 0. The van der Waals surface area contributed by atoms with E-state index in [1.54, 1.807) is 7.05 Å². The minimum absolute atomic E-state index is 0. The third-order valence-electron chi connectivity index (χ3n) is 3.94. The highest BCUT2D eigenvalue weighted by Crippen LogP contribution is 2.31. The topological polar surface area (TPSA) is 94.6 Å². The van der Waals surface area contributed by atoms with Crippen molar-refractivity contribution in [1.29, 1.82) is 0 Å². The molecule has 4 N–H and O–H groups in total. The van der Waals surface area contributed by atoms with Crippen LogP contribution in [0.5, 0.6) is 0 Å². The molecular weight excluding hydrogens is 445 g/mol. The number of fused-ring (bicyclic) bond motifs is 1. The second kappa shape index (κ2) is 11.0. The van der Waals surface area contributed by atoms with Crippen LogP contribution in [-0.4, -0.2) is 44.0 Å². The van der Waals surface area contributed by atoms with Crippen LogP contribution in [0.1, 0.15) is 38.2 Å². The smallest absolute Gasteiger partial charge is 0.225 e. The lowest BCUT2D eigenvalue weighted by Gasteiger charge is -2.26. The van der Waals surface area contributed by atoms with Crippen molar-refractivity contribution in [1.82, 2.24) is 16.0 Å². The van der Waals surface area contributed by atoms with Crippen molar-refractivity contribution >= 4 is 47.4 Å². The number of nitrogens with zero attached hydrogens (tertiary/aromatic N) is 1. The summed E-state index contributed by atoms with van der Waals surface area (Å²) in [6, 6.07) is 7.98. The Hall–Kier alpha value is -1.84. The van der Waals surface area contributed by atoms with Crippen molar-refractivity contribution < 1.29 is 9.59 Å². The highest BCUT2D eigenvalue weighted by Gasteiger charge is 2.24. The first-order chi connectivity index (χ1) is 12.0. The van der Waals surface area contributed by atoms with Gasteiger partial charge in [0.05, 0.1) is 0 Å². The number of rotatable bonds is 6. The van der Waals surface area contributed by atoms with Gasteiger partial charge in [0, 0.05) is 50.6 Å². The van der Waals surface area contributed by atoms with Crippen molar-refractivity contribution in [2.75, 3.05) is 25.5 Å². The number of hydrogen-bond acceptors (Lipinski definition) is 3. The van der Waals surface area contributed by atoms with Crippen molar-refractivity contribution in [2.24, 2.45) is 4.99 Å². The summed E-state index contributed by atoms with van der Waals surface area (Å²) >= 11 is 0. The maximum atomic E-state index is 11.9. The molecule has 1 unspecified atom stereocenters. The molecule has 7 nitrogen and oxygen atoms in total. The van der Waals surface area contributed by atoms with Crippen LogP contribution >= 0.6 is 24.0 Å². The molecule has 1 aromatic carbocycles. The largest absolute Gasteiger partial charge is 0.356 e. The van der Waals surface area contributed by atoms with Gasteiger partial charge in [-0.2, -0.15) is 0 Å². The monoisotopic (exact) mass is 473 g/mol. The zero-order valence-corrected chi connectivity index (χ0v) is 17.8. The Morgan fingerprint density at radius 2 is 2.04 bits per heavy atom. The molecule has 0 aliphatic carbocycles. The van der Waals surface area contributed by atoms with Gasteiger partial charge in [-0.3, -0.25) is 14.6 Å². The molecule has 1 atom stereocenters. The van der Waals surface area contributed by atoms with Crippen molar-refractivity contribution in [3.8, 4) is 0 Å². The van der Waals surface area contributed by atoms with Gasteiger partial charge in [-0.15, -0.1) is 24.0 Å². The standard InChI is InChI=1S/C18H27N5O2.HI/c1-12(2)22-16(24)8-9-20-18(19-3)21-11-13-10-17(25)23-15-7-5-4-6-14(13)15;/h4-7,12-13H,8-11H2,1-3H3,(H,22,24)(H,23,25)(H2,19,20,21);1H. The number of nitrogens with one attached hydrogen (secondary N) is 4. The molecule has 0 bridgehead atoms. The Balaban J connectivity index is 0.00000338. The molecule has 0 saturated heterocycles. The molecular formula is C18H28IN5O2. The highest BCUT2D eigenvalue weighted by molar-refractivity contribution is 14.0. The molecule has 1 heterocycles. The van der Waals surface area contributed by atoms with Gasteiger partial charge in [-0.05, 0) is 25.5 Å². The molecule has 144 valence electrons. The van der Waals surface area contributed by atoms with Crippen LogP contribution in [0.2, 0.25) is 0 Å². The first kappa shape index (κ1) is 22.2. The van der Waals surface area contributed by atoms with Crippen LogP contribution in [0, 0.1) is 0 Å². The highest BCUT2D eigenvalue weighted by atomic mass is 127. The Bertz CT molecular complexity index is 648. The predicted octanol–water partition coefficient (Wildman–Crippen LogP) is 1.81. The molecule has 1 aliphatic heterocycles. The summed E-state index contributed by atoms with van der Waals surface area (Å²) in [4.78, 5) is 27.7. The van der Waals surface area contributed by atoms with Gasteiger partial charge in [0.15, 0.2) is 5.96 Å². The number of halogens is 1. The van der Waals surface area contributed by atoms with Crippen LogP contribution < -0.4 is 21.3 Å². The number of benzene rings is 1. The first-order valence-electron chi connectivity index (χ1n) is 8.62. The summed E-state index contributed by atoms with van der Waals surface area (Å²) in [5, 5.41) is 12.1. The van der Waals surface area contributed by atoms with E-state index in [1.807, 2.05) is 38.1 Å². The second-order valence-corrected chi connectivity index (χ2v) is 6.39. The van der Waals surface area contributed by atoms with Gasteiger partial charge in [0.2, 0.25) is 11.8 Å². The number of hydrogen-bond donors (Lipinski definition) is 4.